The first-order valence-corrected chi connectivity index (χ1v) is 8.25. The van der Waals surface area contributed by atoms with Crippen molar-refractivity contribution in [1.82, 2.24) is 0 Å². The molecule has 1 amide bonds. The van der Waals surface area contributed by atoms with Crippen LogP contribution in [-0.4, -0.2) is 18.5 Å². The second kappa shape index (κ2) is 6.87. The normalized spacial score (nSPS) is 14.7. The summed E-state index contributed by atoms with van der Waals surface area (Å²) >= 11 is 0. The summed E-state index contributed by atoms with van der Waals surface area (Å²) in [4.78, 5) is 24.1. The van der Waals surface area contributed by atoms with Crippen LogP contribution in [-0.2, 0) is 26.2 Å². The molecule has 0 heterocycles. The Labute approximate surface area is 141 Å². The summed E-state index contributed by atoms with van der Waals surface area (Å²) in [5, 5.41) is 2.99. The summed E-state index contributed by atoms with van der Waals surface area (Å²) in [6.45, 7) is 2.17. The third kappa shape index (κ3) is 3.48. The van der Waals surface area contributed by atoms with E-state index in [0.717, 1.165) is 29.7 Å². The molecule has 4 nitrogen and oxygen atoms in total. The SMILES string of the molecule is CCOC(=O)Cc1ccc(NC(=O)C2(c3ccccc3)CC2)cc1. The Hall–Kier alpha value is -2.62. The first-order valence-electron chi connectivity index (χ1n) is 8.25. The minimum Gasteiger partial charge on any atom is -0.466 e. The Morgan fingerprint density at radius 2 is 1.71 bits per heavy atom. The standard InChI is InChI=1S/C20H21NO3/c1-2-24-18(22)14-15-8-10-17(11-9-15)21-19(23)20(12-13-20)16-6-4-3-5-7-16/h3-11H,2,12-14H2,1H3,(H,21,23). The van der Waals surface area contributed by atoms with Gasteiger partial charge in [0.15, 0.2) is 0 Å². The van der Waals surface area contributed by atoms with E-state index in [-0.39, 0.29) is 23.7 Å². The van der Waals surface area contributed by atoms with Gasteiger partial charge in [-0.2, -0.15) is 0 Å². The van der Waals surface area contributed by atoms with Crippen molar-refractivity contribution in [3.05, 3.63) is 65.7 Å². The van der Waals surface area contributed by atoms with Crippen LogP contribution < -0.4 is 5.32 Å². The number of nitrogens with one attached hydrogen (secondary N) is 1. The van der Waals surface area contributed by atoms with Crippen LogP contribution >= 0.6 is 0 Å². The van der Waals surface area contributed by atoms with Gasteiger partial charge in [0.05, 0.1) is 18.4 Å². The van der Waals surface area contributed by atoms with Gasteiger partial charge in [0.25, 0.3) is 0 Å². The molecule has 0 aliphatic heterocycles. The van der Waals surface area contributed by atoms with Gasteiger partial charge >= 0.3 is 5.97 Å². The van der Waals surface area contributed by atoms with E-state index in [2.05, 4.69) is 5.32 Å². The van der Waals surface area contributed by atoms with E-state index in [4.69, 9.17) is 4.74 Å². The molecule has 0 unspecified atom stereocenters. The lowest BCUT2D eigenvalue weighted by molar-refractivity contribution is -0.142. The minimum absolute atomic E-state index is 0.0341. The number of amides is 1. The number of carbonyl (C=O) groups is 2. The van der Waals surface area contributed by atoms with Crippen molar-refractivity contribution in [3.8, 4) is 0 Å². The van der Waals surface area contributed by atoms with Crippen molar-refractivity contribution in [2.45, 2.75) is 31.6 Å². The van der Waals surface area contributed by atoms with Gasteiger partial charge in [-0.05, 0) is 43.0 Å². The average Bonchev–Trinajstić information content (AvgIpc) is 3.40. The molecule has 1 fully saturated rings. The van der Waals surface area contributed by atoms with Crippen LogP contribution in [0.25, 0.3) is 0 Å². The van der Waals surface area contributed by atoms with Crippen LogP contribution in [0, 0.1) is 0 Å². The highest BCUT2D eigenvalue weighted by atomic mass is 16.5. The molecule has 0 aromatic heterocycles. The highest BCUT2D eigenvalue weighted by Gasteiger charge is 2.51. The predicted molar refractivity (Wildman–Crippen MR) is 92.8 cm³/mol. The number of benzene rings is 2. The molecule has 4 heteroatoms. The van der Waals surface area contributed by atoms with Gasteiger partial charge in [-0.15, -0.1) is 0 Å². The zero-order chi connectivity index (χ0) is 17.0. The van der Waals surface area contributed by atoms with E-state index < -0.39 is 0 Å². The van der Waals surface area contributed by atoms with Gasteiger partial charge in [0.1, 0.15) is 0 Å². The van der Waals surface area contributed by atoms with Gasteiger partial charge in [-0.3, -0.25) is 9.59 Å². The maximum Gasteiger partial charge on any atom is 0.310 e. The maximum atomic E-state index is 12.7. The van der Waals surface area contributed by atoms with Crippen LogP contribution in [0.1, 0.15) is 30.9 Å². The molecule has 0 bridgehead atoms. The second-order valence-electron chi connectivity index (χ2n) is 6.08. The van der Waals surface area contributed by atoms with Crippen LogP contribution in [0.4, 0.5) is 5.69 Å². The molecule has 1 aliphatic rings. The number of hydrogen-bond donors (Lipinski definition) is 1. The number of rotatable bonds is 6. The lowest BCUT2D eigenvalue weighted by atomic mass is 9.95. The molecule has 24 heavy (non-hydrogen) atoms. The summed E-state index contributed by atoms with van der Waals surface area (Å²) in [6.07, 6.45) is 2.00. The Morgan fingerprint density at radius 3 is 2.29 bits per heavy atom. The second-order valence-corrected chi connectivity index (χ2v) is 6.08. The van der Waals surface area contributed by atoms with Crippen LogP contribution in [0.2, 0.25) is 0 Å². The van der Waals surface area contributed by atoms with Crippen molar-refractivity contribution in [2.24, 2.45) is 0 Å². The van der Waals surface area contributed by atoms with Gasteiger partial charge in [-0.25, -0.2) is 0 Å². The van der Waals surface area contributed by atoms with Crippen molar-refractivity contribution < 1.29 is 14.3 Å². The largest absolute Gasteiger partial charge is 0.466 e. The van der Waals surface area contributed by atoms with Crippen LogP contribution in [0.5, 0.6) is 0 Å². The van der Waals surface area contributed by atoms with Gasteiger partial charge < -0.3 is 10.1 Å². The molecule has 0 spiro atoms. The Morgan fingerprint density at radius 1 is 1.04 bits per heavy atom. The topological polar surface area (TPSA) is 55.4 Å². The summed E-state index contributed by atoms with van der Waals surface area (Å²) < 4.78 is 4.93. The number of ether oxygens (including phenoxy) is 1. The van der Waals surface area contributed by atoms with E-state index >= 15 is 0 Å². The molecular formula is C20H21NO3. The molecular weight excluding hydrogens is 302 g/mol. The van der Waals surface area contributed by atoms with E-state index in [9.17, 15) is 9.59 Å². The third-order valence-corrected chi connectivity index (χ3v) is 4.38. The highest BCUT2D eigenvalue weighted by Crippen LogP contribution is 2.48. The molecule has 3 rings (SSSR count). The van der Waals surface area contributed by atoms with Gasteiger partial charge in [0.2, 0.25) is 5.91 Å². The fraction of sp³-hybridized carbons (Fsp3) is 0.300. The number of anilines is 1. The highest BCUT2D eigenvalue weighted by molar-refractivity contribution is 6.01. The average molecular weight is 323 g/mol. The van der Waals surface area contributed by atoms with Crippen molar-refractivity contribution >= 4 is 17.6 Å². The van der Waals surface area contributed by atoms with E-state index in [1.165, 1.54) is 0 Å². The first kappa shape index (κ1) is 16.2. The van der Waals surface area contributed by atoms with Crippen molar-refractivity contribution in [1.29, 1.82) is 0 Å². The zero-order valence-electron chi connectivity index (χ0n) is 13.7. The monoisotopic (exact) mass is 323 g/mol. The van der Waals surface area contributed by atoms with Crippen LogP contribution in [0.3, 0.4) is 0 Å². The van der Waals surface area contributed by atoms with E-state index in [1.807, 2.05) is 54.6 Å². The molecule has 1 N–H and O–H groups in total. The number of esters is 1. The van der Waals surface area contributed by atoms with Gasteiger partial charge in [0, 0.05) is 5.69 Å². The molecule has 2 aromatic carbocycles. The molecule has 1 aliphatic carbocycles. The third-order valence-electron chi connectivity index (χ3n) is 4.38. The zero-order valence-corrected chi connectivity index (χ0v) is 13.7. The summed E-state index contributed by atoms with van der Waals surface area (Å²) in [6, 6.07) is 17.2. The summed E-state index contributed by atoms with van der Waals surface area (Å²) in [7, 11) is 0. The fourth-order valence-corrected chi connectivity index (χ4v) is 2.86. The summed E-state index contributed by atoms with van der Waals surface area (Å²) in [5.74, 6) is -0.206. The molecule has 0 atom stereocenters. The molecule has 124 valence electrons. The Bertz CT molecular complexity index is 718. The Kier molecular flexibility index (Phi) is 4.65. The lowest BCUT2D eigenvalue weighted by Crippen LogP contribution is -2.27. The fourth-order valence-electron chi connectivity index (χ4n) is 2.86. The number of hydrogen-bond acceptors (Lipinski definition) is 3. The molecule has 0 saturated heterocycles. The Balaban J connectivity index is 1.64. The van der Waals surface area contributed by atoms with E-state index in [1.54, 1.807) is 6.92 Å². The van der Waals surface area contributed by atoms with Crippen molar-refractivity contribution in [2.75, 3.05) is 11.9 Å². The predicted octanol–water partition coefficient (Wildman–Crippen LogP) is 3.46. The quantitative estimate of drug-likeness (QED) is 0.828. The van der Waals surface area contributed by atoms with E-state index in [0.29, 0.717) is 6.61 Å². The molecule has 2 aromatic rings. The molecule has 1 saturated carbocycles. The maximum absolute atomic E-state index is 12.7. The van der Waals surface area contributed by atoms with Gasteiger partial charge in [-0.1, -0.05) is 42.5 Å². The first-order chi connectivity index (χ1) is 11.6. The molecule has 0 radical (unpaired) electrons. The minimum atomic E-state index is -0.384. The van der Waals surface area contributed by atoms with Crippen LogP contribution in [0.15, 0.2) is 54.6 Å². The van der Waals surface area contributed by atoms with Crippen molar-refractivity contribution in [3.63, 3.8) is 0 Å². The summed E-state index contributed by atoms with van der Waals surface area (Å²) in [5.41, 5.74) is 2.30. The smallest absolute Gasteiger partial charge is 0.310 e. The lowest BCUT2D eigenvalue weighted by Gasteiger charge is -2.16. The number of carbonyl (C=O) groups excluding carboxylic acids is 2.